The minimum absolute atomic E-state index is 0.0385. The number of pyridine rings is 1. The number of hydrogen-bond donors (Lipinski definition) is 1. The van der Waals surface area contributed by atoms with Gasteiger partial charge in [-0.1, -0.05) is 0 Å². The van der Waals surface area contributed by atoms with E-state index in [-0.39, 0.29) is 11.8 Å². The summed E-state index contributed by atoms with van der Waals surface area (Å²) in [6.07, 6.45) is 7.61. The second-order valence-electron chi connectivity index (χ2n) is 8.89. The fourth-order valence-electron chi connectivity index (χ4n) is 4.71. The molecule has 1 aliphatic heterocycles. The highest BCUT2D eigenvalue weighted by molar-refractivity contribution is 5.98. The van der Waals surface area contributed by atoms with Crippen molar-refractivity contribution in [1.29, 1.82) is 0 Å². The maximum atomic E-state index is 12.2. The van der Waals surface area contributed by atoms with Crippen LogP contribution < -0.4 is 10.1 Å². The van der Waals surface area contributed by atoms with Crippen molar-refractivity contribution in [2.24, 2.45) is 18.4 Å². The number of aryl methyl sites for hydroxylation is 1. The average molecular weight is 408 g/mol. The maximum absolute atomic E-state index is 12.2. The van der Waals surface area contributed by atoms with Gasteiger partial charge in [0.2, 0.25) is 11.8 Å². The summed E-state index contributed by atoms with van der Waals surface area (Å²) in [6.45, 7) is 1.71. The number of aromatic nitrogens is 5. The zero-order chi connectivity index (χ0) is 20.5. The molecule has 1 N–H and O–H groups in total. The molecule has 156 valence electrons. The van der Waals surface area contributed by atoms with Crippen LogP contribution >= 0.6 is 0 Å². The van der Waals surface area contributed by atoms with Crippen LogP contribution in [0.25, 0.3) is 22.2 Å². The second-order valence-corrected chi connectivity index (χ2v) is 8.89. The number of nitrogens with zero attached hydrogens (tertiary/aromatic N) is 5. The standard InChI is InChI=1S/C21H24N6O3/c1-26-16-9-22-17(24-19(28)12-3-4-12)5-14(16)18(25-26)15-8-23-27(20(15)29-2)13-6-21(7-13)10-30-11-21/h5,8-9,12-13H,3-4,6-7,10-11H2,1-2H3,(H,22,24,28). The van der Waals surface area contributed by atoms with Gasteiger partial charge in [-0.2, -0.15) is 10.2 Å². The highest BCUT2D eigenvalue weighted by Crippen LogP contribution is 2.54. The molecule has 0 bridgehead atoms. The smallest absolute Gasteiger partial charge is 0.228 e. The second kappa shape index (κ2) is 6.28. The van der Waals surface area contributed by atoms with Crippen LogP contribution in [0, 0.1) is 11.3 Å². The van der Waals surface area contributed by atoms with Crippen LogP contribution in [0.3, 0.4) is 0 Å². The number of methoxy groups -OCH3 is 1. The van der Waals surface area contributed by atoms with Crippen molar-refractivity contribution in [3.05, 3.63) is 18.5 Å². The van der Waals surface area contributed by atoms with Gasteiger partial charge in [-0.05, 0) is 31.7 Å². The van der Waals surface area contributed by atoms with Crippen molar-refractivity contribution in [1.82, 2.24) is 24.5 Å². The predicted molar refractivity (Wildman–Crippen MR) is 109 cm³/mol. The first-order valence-corrected chi connectivity index (χ1v) is 10.4. The molecule has 1 amide bonds. The van der Waals surface area contributed by atoms with Gasteiger partial charge in [0.25, 0.3) is 0 Å². The van der Waals surface area contributed by atoms with Crippen LogP contribution in [0.1, 0.15) is 31.7 Å². The van der Waals surface area contributed by atoms with Crippen molar-refractivity contribution in [3.8, 4) is 17.1 Å². The normalized spacial score (nSPS) is 20.2. The van der Waals surface area contributed by atoms with Gasteiger partial charge < -0.3 is 14.8 Å². The number of ether oxygens (including phenoxy) is 2. The minimum atomic E-state index is 0.0385. The molecule has 0 unspecified atom stereocenters. The maximum Gasteiger partial charge on any atom is 0.228 e. The van der Waals surface area contributed by atoms with E-state index in [0.29, 0.717) is 17.3 Å². The highest BCUT2D eigenvalue weighted by atomic mass is 16.5. The van der Waals surface area contributed by atoms with E-state index >= 15 is 0 Å². The fraction of sp³-hybridized carbons (Fsp3) is 0.524. The lowest BCUT2D eigenvalue weighted by Crippen LogP contribution is -2.52. The third-order valence-corrected chi connectivity index (χ3v) is 6.63. The molecule has 1 spiro atoms. The molecule has 3 fully saturated rings. The van der Waals surface area contributed by atoms with E-state index < -0.39 is 0 Å². The van der Waals surface area contributed by atoms with Crippen molar-refractivity contribution in [3.63, 3.8) is 0 Å². The highest BCUT2D eigenvalue weighted by Gasteiger charge is 2.51. The fourth-order valence-corrected chi connectivity index (χ4v) is 4.71. The molecule has 9 heteroatoms. The van der Waals surface area contributed by atoms with Gasteiger partial charge in [0.15, 0.2) is 0 Å². The van der Waals surface area contributed by atoms with Crippen LogP contribution in [0.5, 0.6) is 5.88 Å². The molecule has 0 radical (unpaired) electrons. The number of anilines is 1. The summed E-state index contributed by atoms with van der Waals surface area (Å²) in [4.78, 5) is 16.6. The summed E-state index contributed by atoms with van der Waals surface area (Å²) >= 11 is 0. The first-order chi connectivity index (χ1) is 14.6. The molecular weight excluding hydrogens is 384 g/mol. The number of hydrogen-bond acceptors (Lipinski definition) is 6. The Balaban J connectivity index is 1.36. The molecule has 0 aromatic carbocycles. The number of carbonyl (C=O) groups is 1. The van der Waals surface area contributed by atoms with E-state index in [4.69, 9.17) is 14.6 Å². The Morgan fingerprint density at radius 2 is 2.10 bits per heavy atom. The molecule has 30 heavy (non-hydrogen) atoms. The van der Waals surface area contributed by atoms with Crippen molar-refractivity contribution < 1.29 is 14.3 Å². The Morgan fingerprint density at radius 3 is 2.77 bits per heavy atom. The van der Waals surface area contributed by atoms with Gasteiger partial charge in [-0.25, -0.2) is 9.67 Å². The third-order valence-electron chi connectivity index (χ3n) is 6.63. The monoisotopic (exact) mass is 408 g/mol. The Bertz CT molecular complexity index is 1150. The number of carbonyl (C=O) groups excluding carboxylic acids is 1. The quantitative estimate of drug-likeness (QED) is 0.697. The molecular formula is C21H24N6O3. The predicted octanol–water partition coefficient (Wildman–Crippen LogP) is 2.54. The zero-order valence-corrected chi connectivity index (χ0v) is 17.1. The molecule has 2 saturated carbocycles. The molecule has 4 heterocycles. The lowest BCUT2D eigenvalue weighted by molar-refractivity contribution is -0.176. The molecule has 3 aromatic rings. The molecule has 9 nitrogen and oxygen atoms in total. The summed E-state index contributed by atoms with van der Waals surface area (Å²) in [5.74, 6) is 1.43. The average Bonchev–Trinajstić information content (AvgIpc) is 3.37. The molecule has 3 aliphatic rings. The van der Waals surface area contributed by atoms with Gasteiger partial charge in [0.05, 0.1) is 49.8 Å². The van der Waals surface area contributed by atoms with Gasteiger partial charge >= 0.3 is 0 Å². The molecule has 0 atom stereocenters. The van der Waals surface area contributed by atoms with Gasteiger partial charge in [-0.3, -0.25) is 9.48 Å². The van der Waals surface area contributed by atoms with E-state index in [1.165, 1.54) is 0 Å². The lowest BCUT2D eigenvalue weighted by atomic mass is 9.64. The molecule has 3 aromatic heterocycles. The van der Waals surface area contributed by atoms with E-state index in [1.807, 2.05) is 24.0 Å². The molecule has 2 aliphatic carbocycles. The summed E-state index contributed by atoms with van der Waals surface area (Å²) < 4.78 is 14.9. The summed E-state index contributed by atoms with van der Waals surface area (Å²) in [6, 6.07) is 2.21. The molecule has 1 saturated heterocycles. The lowest BCUT2D eigenvalue weighted by Gasteiger charge is -2.53. The van der Waals surface area contributed by atoms with E-state index in [1.54, 1.807) is 18.0 Å². The number of rotatable bonds is 5. The first-order valence-electron chi connectivity index (χ1n) is 10.4. The third kappa shape index (κ3) is 2.64. The Morgan fingerprint density at radius 1 is 1.30 bits per heavy atom. The number of amides is 1. The van der Waals surface area contributed by atoms with E-state index in [9.17, 15) is 4.79 Å². The number of fused-ring (bicyclic) bond motifs is 1. The Kier molecular flexibility index (Phi) is 3.74. The van der Waals surface area contributed by atoms with E-state index in [0.717, 1.165) is 66.9 Å². The van der Waals surface area contributed by atoms with Gasteiger partial charge in [0.1, 0.15) is 11.5 Å². The van der Waals surface area contributed by atoms with Crippen molar-refractivity contribution in [2.45, 2.75) is 31.7 Å². The van der Waals surface area contributed by atoms with E-state index in [2.05, 4.69) is 15.4 Å². The van der Waals surface area contributed by atoms with Crippen LogP contribution in [-0.4, -0.2) is 50.8 Å². The summed E-state index contributed by atoms with van der Waals surface area (Å²) in [5, 5.41) is 13.2. The zero-order valence-electron chi connectivity index (χ0n) is 17.1. The molecule has 6 rings (SSSR count). The van der Waals surface area contributed by atoms with Gasteiger partial charge in [-0.15, -0.1) is 0 Å². The first kappa shape index (κ1) is 17.9. The van der Waals surface area contributed by atoms with Crippen LogP contribution in [-0.2, 0) is 16.6 Å². The van der Waals surface area contributed by atoms with Crippen molar-refractivity contribution in [2.75, 3.05) is 25.6 Å². The van der Waals surface area contributed by atoms with Gasteiger partial charge in [0, 0.05) is 23.8 Å². The van der Waals surface area contributed by atoms with Crippen LogP contribution in [0.2, 0.25) is 0 Å². The Hall–Kier alpha value is -2.94. The van der Waals surface area contributed by atoms with Crippen molar-refractivity contribution >= 4 is 22.6 Å². The SMILES string of the molecule is COc1c(-c2nn(C)c3cnc(NC(=O)C4CC4)cc23)cnn1C1CC2(COC2)C1. The summed E-state index contributed by atoms with van der Waals surface area (Å²) in [7, 11) is 3.56. The minimum Gasteiger partial charge on any atom is -0.481 e. The summed E-state index contributed by atoms with van der Waals surface area (Å²) in [5.41, 5.74) is 2.86. The Labute approximate surface area is 173 Å². The number of nitrogens with one attached hydrogen (secondary N) is 1. The van der Waals surface area contributed by atoms with Crippen LogP contribution in [0.15, 0.2) is 18.5 Å². The van der Waals surface area contributed by atoms with Crippen LogP contribution in [0.4, 0.5) is 5.82 Å². The largest absolute Gasteiger partial charge is 0.481 e. The topological polar surface area (TPSA) is 96.1 Å².